The molecule has 0 rings (SSSR count). The van der Waals surface area contributed by atoms with Gasteiger partial charge in [-0.25, -0.2) is 0 Å². The van der Waals surface area contributed by atoms with Crippen LogP contribution in [0.5, 0.6) is 0 Å². The summed E-state index contributed by atoms with van der Waals surface area (Å²) in [7, 11) is 0. The Balaban J connectivity index is 3.54. The molecule has 0 aliphatic heterocycles. The van der Waals surface area contributed by atoms with Crippen molar-refractivity contribution < 1.29 is 20.1 Å². The molecule has 0 saturated carbocycles. The van der Waals surface area contributed by atoms with Crippen molar-refractivity contribution in [1.29, 1.82) is 0 Å². The lowest BCUT2D eigenvalue weighted by Crippen LogP contribution is -2.48. The van der Waals surface area contributed by atoms with Crippen LogP contribution in [-0.2, 0) is 4.79 Å². The first kappa shape index (κ1) is 50.8. The first-order chi connectivity index (χ1) is 25.6. The van der Waals surface area contributed by atoms with Crippen LogP contribution in [0.15, 0.2) is 24.3 Å². The van der Waals surface area contributed by atoms with E-state index in [0.29, 0.717) is 6.42 Å². The van der Waals surface area contributed by atoms with Gasteiger partial charge in [0.15, 0.2) is 0 Å². The molecule has 0 aliphatic carbocycles. The largest absolute Gasteiger partial charge is 0.394 e. The molecule has 3 atom stereocenters. The van der Waals surface area contributed by atoms with Crippen LogP contribution in [0.4, 0.5) is 0 Å². The Bertz CT molecular complexity index is 768. The number of nitrogens with one attached hydrogen (secondary N) is 1. The van der Waals surface area contributed by atoms with Gasteiger partial charge in [0.1, 0.15) is 6.10 Å². The number of unbranched alkanes of at least 4 members (excludes halogenated alkanes) is 32. The van der Waals surface area contributed by atoms with Crippen molar-refractivity contribution in [3.8, 4) is 0 Å². The maximum atomic E-state index is 12.4. The number of carbonyl (C=O) groups excluding carboxylic acids is 1. The highest BCUT2D eigenvalue weighted by atomic mass is 16.3. The van der Waals surface area contributed by atoms with Gasteiger partial charge in [0.25, 0.3) is 0 Å². The van der Waals surface area contributed by atoms with E-state index >= 15 is 0 Å². The van der Waals surface area contributed by atoms with Gasteiger partial charge in [-0.2, -0.15) is 0 Å². The maximum Gasteiger partial charge on any atom is 0.249 e. The topological polar surface area (TPSA) is 89.8 Å². The van der Waals surface area contributed by atoms with Crippen molar-refractivity contribution in [1.82, 2.24) is 5.32 Å². The molecule has 0 spiro atoms. The summed E-state index contributed by atoms with van der Waals surface area (Å²) in [6.07, 6.45) is 52.4. The third kappa shape index (κ3) is 37.2. The first-order valence-electron chi connectivity index (χ1n) is 23.2. The Labute approximate surface area is 324 Å². The van der Waals surface area contributed by atoms with Crippen LogP contribution in [0.2, 0.25) is 0 Å². The molecule has 0 aromatic rings. The fourth-order valence-electron chi connectivity index (χ4n) is 7.14. The van der Waals surface area contributed by atoms with Gasteiger partial charge in [0.2, 0.25) is 5.91 Å². The number of amides is 1. The lowest BCUT2D eigenvalue weighted by atomic mass is 10.0. The molecule has 0 aliphatic rings. The quantitative estimate of drug-likeness (QED) is 0.0371. The van der Waals surface area contributed by atoms with Gasteiger partial charge >= 0.3 is 0 Å². The molecule has 5 heteroatoms. The van der Waals surface area contributed by atoms with Gasteiger partial charge in [0.05, 0.1) is 18.8 Å². The fourth-order valence-corrected chi connectivity index (χ4v) is 7.14. The van der Waals surface area contributed by atoms with Gasteiger partial charge < -0.3 is 20.6 Å². The summed E-state index contributed by atoms with van der Waals surface area (Å²) in [4.78, 5) is 12.4. The minimum atomic E-state index is -1.10. The van der Waals surface area contributed by atoms with Crippen LogP contribution in [0.3, 0.4) is 0 Å². The minimum Gasteiger partial charge on any atom is -0.394 e. The number of aliphatic hydroxyl groups is 3. The van der Waals surface area contributed by atoms with E-state index in [1.54, 1.807) is 6.08 Å². The summed E-state index contributed by atoms with van der Waals surface area (Å²) in [5, 5.41) is 33.0. The standard InChI is InChI=1S/C47H91NO4/c1-3-5-7-9-11-13-15-16-17-18-19-20-21-22-23-24-25-26-27-28-29-30-32-34-36-38-40-42-46(51)47(52)48-44(43-49)45(50)41-39-37-35-33-31-14-12-10-8-6-4-2/h31,33,39,41,44-46,49-51H,3-30,32,34-38,40,42-43H2,1-2H3,(H,48,52)/b33-31+,41-39+. The van der Waals surface area contributed by atoms with Gasteiger partial charge in [0, 0.05) is 0 Å². The fraction of sp³-hybridized carbons (Fsp3) is 0.894. The molecule has 4 N–H and O–H groups in total. The first-order valence-corrected chi connectivity index (χ1v) is 23.2. The summed E-state index contributed by atoms with van der Waals surface area (Å²) in [5.74, 6) is -0.511. The van der Waals surface area contributed by atoms with Crippen molar-refractivity contribution in [2.75, 3.05) is 6.61 Å². The Morgan fingerprint density at radius 1 is 0.462 bits per heavy atom. The van der Waals surface area contributed by atoms with Gasteiger partial charge in [-0.15, -0.1) is 0 Å². The SMILES string of the molecule is CCCCCCC/C=C/CC/C=C/C(O)C(CO)NC(=O)C(O)CCCCCCCCCCCCCCCCCCCCCCCCCCCCC. The molecule has 3 unspecified atom stereocenters. The molecule has 0 saturated heterocycles. The zero-order chi connectivity index (χ0) is 38.0. The van der Waals surface area contributed by atoms with Crippen LogP contribution < -0.4 is 5.32 Å². The number of carbonyl (C=O) groups is 1. The second kappa shape index (κ2) is 42.6. The zero-order valence-electron chi connectivity index (χ0n) is 35.0. The van der Waals surface area contributed by atoms with Crippen LogP contribution in [-0.4, -0.2) is 46.1 Å². The highest BCUT2D eigenvalue weighted by Crippen LogP contribution is 2.17. The summed E-state index contributed by atoms with van der Waals surface area (Å²) >= 11 is 0. The van der Waals surface area contributed by atoms with Crippen molar-refractivity contribution in [2.24, 2.45) is 0 Å². The summed E-state index contributed by atoms with van der Waals surface area (Å²) in [6.45, 7) is 4.15. The average molecular weight is 734 g/mol. The van der Waals surface area contributed by atoms with Crippen molar-refractivity contribution >= 4 is 5.91 Å². The molecular formula is C47H91NO4. The van der Waals surface area contributed by atoms with E-state index in [-0.39, 0.29) is 6.61 Å². The molecule has 0 bridgehead atoms. The van der Waals surface area contributed by atoms with Gasteiger partial charge in [-0.1, -0.05) is 237 Å². The number of hydrogen-bond acceptors (Lipinski definition) is 4. The van der Waals surface area contributed by atoms with Crippen molar-refractivity contribution in [3.05, 3.63) is 24.3 Å². The monoisotopic (exact) mass is 734 g/mol. The molecule has 0 heterocycles. The Kier molecular flexibility index (Phi) is 41.6. The summed E-state index contributed by atoms with van der Waals surface area (Å²) < 4.78 is 0. The third-order valence-electron chi connectivity index (χ3n) is 10.8. The molecule has 5 nitrogen and oxygen atoms in total. The average Bonchev–Trinajstić information content (AvgIpc) is 3.15. The number of hydrogen-bond donors (Lipinski definition) is 4. The third-order valence-corrected chi connectivity index (χ3v) is 10.8. The van der Waals surface area contributed by atoms with E-state index < -0.39 is 24.2 Å². The van der Waals surface area contributed by atoms with Crippen LogP contribution in [0.25, 0.3) is 0 Å². The van der Waals surface area contributed by atoms with E-state index in [1.807, 2.05) is 6.08 Å². The van der Waals surface area contributed by atoms with Crippen LogP contribution >= 0.6 is 0 Å². The number of rotatable bonds is 42. The van der Waals surface area contributed by atoms with E-state index in [2.05, 4.69) is 31.3 Å². The van der Waals surface area contributed by atoms with Gasteiger partial charge in [-0.05, 0) is 32.1 Å². The zero-order valence-corrected chi connectivity index (χ0v) is 35.0. The summed E-state index contributed by atoms with van der Waals surface area (Å²) in [6, 6.07) is -0.809. The molecule has 0 aromatic carbocycles. The maximum absolute atomic E-state index is 12.4. The number of allylic oxidation sites excluding steroid dienone is 3. The molecule has 52 heavy (non-hydrogen) atoms. The van der Waals surface area contributed by atoms with Crippen LogP contribution in [0.1, 0.15) is 245 Å². The molecular weight excluding hydrogens is 643 g/mol. The summed E-state index contributed by atoms with van der Waals surface area (Å²) in [5.41, 5.74) is 0. The molecule has 308 valence electrons. The second-order valence-electron chi connectivity index (χ2n) is 16.0. The van der Waals surface area contributed by atoms with E-state index in [0.717, 1.165) is 38.5 Å². The number of aliphatic hydroxyl groups excluding tert-OH is 3. The molecule has 0 aromatic heterocycles. The lowest BCUT2D eigenvalue weighted by Gasteiger charge is -2.21. The van der Waals surface area contributed by atoms with E-state index in [1.165, 1.54) is 186 Å². The molecule has 0 fully saturated rings. The van der Waals surface area contributed by atoms with Crippen molar-refractivity contribution in [2.45, 2.75) is 263 Å². The Hall–Kier alpha value is -1.17. The molecule has 0 radical (unpaired) electrons. The Morgan fingerprint density at radius 2 is 0.788 bits per heavy atom. The van der Waals surface area contributed by atoms with Gasteiger partial charge in [-0.3, -0.25) is 4.79 Å². The normalized spacial score (nSPS) is 13.7. The predicted molar refractivity (Wildman–Crippen MR) is 227 cm³/mol. The lowest BCUT2D eigenvalue weighted by molar-refractivity contribution is -0.131. The van der Waals surface area contributed by atoms with E-state index in [9.17, 15) is 20.1 Å². The highest BCUT2D eigenvalue weighted by Gasteiger charge is 2.22. The van der Waals surface area contributed by atoms with Crippen LogP contribution in [0, 0.1) is 0 Å². The minimum absolute atomic E-state index is 0.374. The second-order valence-corrected chi connectivity index (χ2v) is 16.0. The highest BCUT2D eigenvalue weighted by molar-refractivity contribution is 5.80. The van der Waals surface area contributed by atoms with Crippen molar-refractivity contribution in [3.63, 3.8) is 0 Å². The predicted octanol–water partition coefficient (Wildman–Crippen LogP) is 13.4. The Morgan fingerprint density at radius 3 is 1.17 bits per heavy atom. The van der Waals surface area contributed by atoms with E-state index in [4.69, 9.17) is 0 Å². The smallest absolute Gasteiger partial charge is 0.249 e. The molecule has 1 amide bonds.